The summed E-state index contributed by atoms with van der Waals surface area (Å²) in [5, 5.41) is 14.3. The van der Waals surface area contributed by atoms with E-state index in [4.69, 9.17) is 9.84 Å². The summed E-state index contributed by atoms with van der Waals surface area (Å²) in [7, 11) is 1.39. The van der Waals surface area contributed by atoms with Crippen molar-refractivity contribution in [3.63, 3.8) is 0 Å². The summed E-state index contributed by atoms with van der Waals surface area (Å²) in [4.78, 5) is 26.3. The molecule has 168 valence electrons. The first-order valence-electron chi connectivity index (χ1n) is 11.0. The average molecular weight is 450 g/mol. The minimum Gasteiger partial charge on any atom is -0.490 e. The van der Waals surface area contributed by atoms with E-state index in [2.05, 4.69) is 6.07 Å². The molecular formula is C27H22N4O3. The van der Waals surface area contributed by atoms with Crippen LogP contribution in [0.3, 0.4) is 0 Å². The molecule has 0 unspecified atom stereocenters. The Morgan fingerprint density at radius 3 is 2.65 bits per heavy atom. The summed E-state index contributed by atoms with van der Waals surface area (Å²) in [6, 6.07) is 17.6. The van der Waals surface area contributed by atoms with Crippen LogP contribution in [0.4, 0.5) is 0 Å². The van der Waals surface area contributed by atoms with E-state index in [-0.39, 0.29) is 11.7 Å². The number of rotatable bonds is 3. The van der Waals surface area contributed by atoms with Gasteiger partial charge in [-0.05, 0) is 61.4 Å². The lowest BCUT2D eigenvalue weighted by atomic mass is 9.93. The number of carbonyl (C=O) groups excluding carboxylic acids is 2. The Bertz CT molecular complexity index is 1440. The molecule has 5 rings (SSSR count). The van der Waals surface area contributed by atoms with Gasteiger partial charge in [-0.15, -0.1) is 0 Å². The average Bonchev–Trinajstić information content (AvgIpc) is 3.43. The Kier molecular flexibility index (Phi) is 5.14. The van der Waals surface area contributed by atoms with E-state index in [9.17, 15) is 14.9 Å². The van der Waals surface area contributed by atoms with Crippen LogP contribution >= 0.6 is 0 Å². The normalized spacial score (nSPS) is 18.8. The van der Waals surface area contributed by atoms with Gasteiger partial charge in [0.25, 0.3) is 11.8 Å². The number of likely N-dealkylation sites (N-methyl/N-ethyl adjacent to an activating group) is 1. The molecule has 3 heterocycles. The van der Waals surface area contributed by atoms with Crippen molar-refractivity contribution in [2.24, 2.45) is 0 Å². The van der Waals surface area contributed by atoms with Crippen molar-refractivity contribution in [1.82, 2.24) is 14.7 Å². The van der Waals surface area contributed by atoms with Crippen LogP contribution in [0.5, 0.6) is 5.75 Å². The number of para-hydroxylation sites is 1. The zero-order valence-electron chi connectivity index (χ0n) is 19.1. The number of hydrogen-bond donors (Lipinski definition) is 0. The number of nitrogens with zero attached hydrogens (tertiary/aromatic N) is 4. The number of hydrogen-bond acceptors (Lipinski definition) is 5. The maximum Gasteiger partial charge on any atom is 0.271 e. The predicted octanol–water partition coefficient (Wildman–Crippen LogP) is 4.08. The number of carbonyl (C=O) groups is 2. The van der Waals surface area contributed by atoms with Gasteiger partial charge in [0.15, 0.2) is 0 Å². The van der Waals surface area contributed by atoms with E-state index < -0.39 is 11.8 Å². The zero-order chi connectivity index (χ0) is 24.0. The molecule has 2 aromatic carbocycles. The zero-order valence-corrected chi connectivity index (χ0v) is 19.1. The molecule has 7 nitrogen and oxygen atoms in total. The molecule has 0 spiro atoms. The molecule has 0 saturated heterocycles. The van der Waals surface area contributed by atoms with Crippen LogP contribution in [0.15, 0.2) is 71.4 Å². The fourth-order valence-corrected chi connectivity index (χ4v) is 4.35. The minimum absolute atomic E-state index is 0.0333. The third-order valence-corrected chi connectivity index (χ3v) is 6.18. The number of ether oxygens (including phenoxy) is 1. The minimum atomic E-state index is -0.588. The van der Waals surface area contributed by atoms with Crippen LogP contribution in [-0.4, -0.2) is 39.6 Å². The summed E-state index contributed by atoms with van der Waals surface area (Å²) in [5.74, 6) is -0.162. The number of benzene rings is 2. The topological polar surface area (TPSA) is 88.2 Å². The van der Waals surface area contributed by atoms with Crippen molar-refractivity contribution in [1.29, 1.82) is 5.26 Å². The summed E-state index contributed by atoms with van der Waals surface area (Å²) < 4.78 is 7.61. The molecule has 0 saturated carbocycles. The van der Waals surface area contributed by atoms with E-state index in [1.54, 1.807) is 17.7 Å². The number of amides is 2. The molecule has 0 radical (unpaired) electrons. The second kappa shape index (κ2) is 8.16. The number of aromatic nitrogens is 2. The van der Waals surface area contributed by atoms with Gasteiger partial charge in [-0.3, -0.25) is 14.5 Å². The lowest BCUT2D eigenvalue weighted by molar-refractivity contribution is -0.138. The lowest BCUT2D eigenvalue weighted by Gasteiger charge is -2.23. The van der Waals surface area contributed by atoms with E-state index in [1.165, 1.54) is 7.05 Å². The molecule has 2 amide bonds. The van der Waals surface area contributed by atoms with Crippen LogP contribution < -0.4 is 4.74 Å². The van der Waals surface area contributed by atoms with Gasteiger partial charge >= 0.3 is 0 Å². The van der Waals surface area contributed by atoms with Crippen molar-refractivity contribution in [3.8, 4) is 28.8 Å². The van der Waals surface area contributed by atoms with Gasteiger partial charge in [-0.2, -0.15) is 10.4 Å². The van der Waals surface area contributed by atoms with E-state index >= 15 is 0 Å². The Labute approximate surface area is 197 Å². The Morgan fingerprint density at radius 1 is 1.15 bits per heavy atom. The van der Waals surface area contributed by atoms with Gasteiger partial charge in [0, 0.05) is 36.4 Å². The number of fused-ring (bicyclic) bond motifs is 1. The Hall–Kier alpha value is -4.44. The van der Waals surface area contributed by atoms with Crippen LogP contribution in [0.2, 0.25) is 0 Å². The van der Waals surface area contributed by atoms with Gasteiger partial charge in [0.05, 0.1) is 11.4 Å². The standard InChI is InChI=1S/C27H22N4O3/c1-16-11-19-12-18(9-10-24(19)34-16)25-20(15-31(29-25)21-7-5-4-6-8-21)13-22-17(2)23(14-28)27(33)30(3)26(22)32/h4-10,12-13,15-16H,11H2,1-3H3/b22-13-/t16-/m1/s1. The maximum absolute atomic E-state index is 13.0. The van der Waals surface area contributed by atoms with Crippen molar-refractivity contribution >= 4 is 17.9 Å². The first-order valence-corrected chi connectivity index (χ1v) is 11.0. The fourth-order valence-electron chi connectivity index (χ4n) is 4.35. The van der Waals surface area contributed by atoms with Gasteiger partial charge in [0.1, 0.15) is 23.5 Å². The first kappa shape index (κ1) is 21.4. The van der Waals surface area contributed by atoms with E-state index in [1.807, 2.05) is 61.7 Å². The van der Waals surface area contributed by atoms with Crippen molar-refractivity contribution < 1.29 is 14.3 Å². The molecule has 0 N–H and O–H groups in total. The lowest BCUT2D eigenvalue weighted by Crippen LogP contribution is -2.39. The molecular weight excluding hydrogens is 428 g/mol. The van der Waals surface area contributed by atoms with Crippen molar-refractivity contribution in [3.05, 3.63) is 82.6 Å². The van der Waals surface area contributed by atoms with E-state index in [0.29, 0.717) is 22.4 Å². The quantitative estimate of drug-likeness (QED) is 0.443. The second-order valence-electron chi connectivity index (χ2n) is 8.51. The van der Waals surface area contributed by atoms with Crippen LogP contribution in [0, 0.1) is 11.3 Å². The van der Waals surface area contributed by atoms with Crippen LogP contribution in [-0.2, 0) is 16.0 Å². The largest absolute Gasteiger partial charge is 0.490 e. The third kappa shape index (κ3) is 3.50. The third-order valence-electron chi connectivity index (χ3n) is 6.18. The highest BCUT2D eigenvalue weighted by Gasteiger charge is 2.33. The van der Waals surface area contributed by atoms with Gasteiger partial charge in [-0.1, -0.05) is 18.2 Å². The van der Waals surface area contributed by atoms with E-state index in [0.717, 1.165) is 33.9 Å². The predicted molar refractivity (Wildman–Crippen MR) is 127 cm³/mol. The van der Waals surface area contributed by atoms with Crippen molar-refractivity contribution in [2.45, 2.75) is 26.4 Å². The monoisotopic (exact) mass is 450 g/mol. The van der Waals surface area contributed by atoms with Crippen LogP contribution in [0.25, 0.3) is 23.0 Å². The first-order chi connectivity index (χ1) is 16.4. The number of imide groups is 1. The molecule has 3 aromatic rings. The maximum atomic E-state index is 13.0. The number of nitriles is 1. The molecule has 34 heavy (non-hydrogen) atoms. The van der Waals surface area contributed by atoms with Crippen LogP contribution in [0.1, 0.15) is 25.0 Å². The second-order valence-corrected chi connectivity index (χ2v) is 8.51. The van der Waals surface area contributed by atoms with Gasteiger partial charge < -0.3 is 4.74 Å². The molecule has 1 aromatic heterocycles. The van der Waals surface area contributed by atoms with Crippen molar-refractivity contribution in [2.75, 3.05) is 7.05 Å². The fraction of sp³-hybridized carbons (Fsp3) is 0.185. The summed E-state index contributed by atoms with van der Waals surface area (Å²) in [6.07, 6.45) is 4.51. The van der Waals surface area contributed by atoms with Gasteiger partial charge in [-0.25, -0.2) is 4.68 Å². The summed E-state index contributed by atoms with van der Waals surface area (Å²) >= 11 is 0. The summed E-state index contributed by atoms with van der Waals surface area (Å²) in [6.45, 7) is 3.66. The molecule has 1 atom stereocenters. The molecule has 2 aliphatic rings. The molecule has 0 fully saturated rings. The highest BCUT2D eigenvalue weighted by Crippen LogP contribution is 2.35. The Balaban J connectivity index is 1.70. The molecule has 0 bridgehead atoms. The highest BCUT2D eigenvalue weighted by atomic mass is 16.5. The Morgan fingerprint density at radius 2 is 1.91 bits per heavy atom. The molecule has 2 aliphatic heterocycles. The summed E-state index contributed by atoms with van der Waals surface area (Å²) in [5.41, 5.74) is 4.91. The molecule has 7 heteroatoms. The highest BCUT2D eigenvalue weighted by molar-refractivity contribution is 6.19. The van der Waals surface area contributed by atoms with Gasteiger partial charge in [0.2, 0.25) is 0 Å². The molecule has 0 aliphatic carbocycles. The smallest absolute Gasteiger partial charge is 0.271 e. The SMILES string of the molecule is CC1=C(C#N)C(=O)N(C)C(=O)/C1=C\c1cn(-c2ccccc2)nc1-c1ccc2c(c1)C[C@@H](C)O2.